The Morgan fingerprint density at radius 2 is 2.00 bits per heavy atom. The number of hydrogen-bond acceptors (Lipinski definition) is 5. The number of ether oxygens (including phenoxy) is 1. The molecular weight excluding hydrogens is 332 g/mol. The Bertz CT molecular complexity index is 658. The fourth-order valence-electron chi connectivity index (χ4n) is 3.14. The highest BCUT2D eigenvalue weighted by Gasteiger charge is 2.34. The van der Waals surface area contributed by atoms with Crippen molar-refractivity contribution in [2.24, 2.45) is 0 Å². The van der Waals surface area contributed by atoms with Crippen LogP contribution in [-0.4, -0.2) is 18.1 Å². The fourth-order valence-corrected chi connectivity index (χ4v) is 3.14. The van der Waals surface area contributed by atoms with Gasteiger partial charge in [-0.1, -0.05) is 44.4 Å². The zero-order valence-electron chi connectivity index (χ0n) is 15.5. The van der Waals surface area contributed by atoms with Gasteiger partial charge in [-0.3, -0.25) is 15.4 Å². The van der Waals surface area contributed by atoms with Crippen LogP contribution >= 0.6 is 0 Å². The van der Waals surface area contributed by atoms with Gasteiger partial charge in [0, 0.05) is 23.5 Å². The summed E-state index contributed by atoms with van der Waals surface area (Å²) in [5.41, 5.74) is 0.958. The number of nitrogens with zero attached hydrogens (tertiary/aromatic N) is 1. The highest BCUT2D eigenvalue weighted by molar-refractivity contribution is 5.33. The van der Waals surface area contributed by atoms with Crippen LogP contribution in [0.15, 0.2) is 47.1 Å². The monoisotopic (exact) mass is 360 g/mol. The van der Waals surface area contributed by atoms with Gasteiger partial charge in [0.1, 0.15) is 17.6 Å². The van der Waals surface area contributed by atoms with E-state index in [-0.39, 0.29) is 4.92 Å². The van der Waals surface area contributed by atoms with Crippen molar-refractivity contribution in [3.05, 3.63) is 64.1 Å². The molecule has 6 heteroatoms. The van der Waals surface area contributed by atoms with E-state index in [2.05, 4.69) is 12.2 Å². The molecule has 1 aromatic carbocycles. The van der Waals surface area contributed by atoms with Gasteiger partial charge in [0.05, 0.1) is 13.4 Å². The summed E-state index contributed by atoms with van der Waals surface area (Å²) in [5, 5.41) is 15.1. The first-order valence-corrected chi connectivity index (χ1v) is 9.19. The van der Waals surface area contributed by atoms with Crippen molar-refractivity contribution in [2.75, 3.05) is 7.11 Å². The maximum atomic E-state index is 11.7. The highest BCUT2D eigenvalue weighted by Crippen LogP contribution is 2.26. The minimum absolute atomic E-state index is 0.186. The molecule has 0 aliphatic rings. The smallest absolute Gasteiger partial charge is 0.235 e. The summed E-state index contributed by atoms with van der Waals surface area (Å²) in [4.78, 5) is 11.5. The lowest BCUT2D eigenvalue weighted by Gasteiger charge is -2.21. The van der Waals surface area contributed by atoms with Crippen molar-refractivity contribution in [3.8, 4) is 5.75 Å². The summed E-state index contributed by atoms with van der Waals surface area (Å²) >= 11 is 0. The number of rotatable bonds is 12. The number of benzene rings is 1. The molecule has 6 nitrogen and oxygen atoms in total. The average Bonchev–Trinajstić information content (AvgIpc) is 3.18. The molecule has 2 rings (SSSR count). The molecule has 0 bridgehead atoms. The van der Waals surface area contributed by atoms with Gasteiger partial charge >= 0.3 is 0 Å². The lowest BCUT2D eigenvalue weighted by molar-refractivity contribution is -0.529. The molecule has 0 radical (unpaired) electrons. The number of unbranched alkanes of at least 4 members (excludes halogenated alkanes) is 3. The van der Waals surface area contributed by atoms with Crippen LogP contribution in [0.4, 0.5) is 0 Å². The first-order chi connectivity index (χ1) is 12.7. The number of nitrogens with one attached hydrogen (secondary N) is 1. The summed E-state index contributed by atoms with van der Waals surface area (Å²) < 4.78 is 10.9. The molecule has 0 unspecified atom stereocenters. The zero-order chi connectivity index (χ0) is 18.8. The number of methoxy groups -OCH3 is 1. The van der Waals surface area contributed by atoms with Crippen molar-refractivity contribution in [2.45, 2.75) is 57.7 Å². The van der Waals surface area contributed by atoms with Crippen LogP contribution in [0.1, 0.15) is 56.4 Å². The average molecular weight is 360 g/mol. The molecule has 0 aliphatic carbocycles. The predicted molar refractivity (Wildman–Crippen MR) is 101 cm³/mol. The molecule has 1 N–H and O–H groups in total. The van der Waals surface area contributed by atoms with Crippen LogP contribution in [0.5, 0.6) is 5.75 Å². The molecule has 0 amide bonds. The maximum absolute atomic E-state index is 11.7. The van der Waals surface area contributed by atoms with Crippen molar-refractivity contribution >= 4 is 0 Å². The Kier molecular flexibility index (Phi) is 8.15. The Labute approximate surface area is 154 Å². The summed E-state index contributed by atoms with van der Waals surface area (Å²) in [7, 11) is 1.62. The van der Waals surface area contributed by atoms with Crippen molar-refractivity contribution in [3.63, 3.8) is 0 Å². The SMILES string of the molecule is CCCCCC[C@H]([C@@H](NCc1ccccc1OC)c1ccco1)[N+](=O)[O-]. The zero-order valence-corrected chi connectivity index (χ0v) is 15.5. The molecule has 2 aromatic rings. The van der Waals surface area contributed by atoms with Crippen LogP contribution in [0.2, 0.25) is 0 Å². The van der Waals surface area contributed by atoms with Crippen molar-refractivity contribution in [1.82, 2.24) is 5.32 Å². The third-order valence-corrected chi connectivity index (χ3v) is 4.56. The number of nitro groups is 1. The normalized spacial score (nSPS) is 13.3. The van der Waals surface area contributed by atoms with E-state index in [0.717, 1.165) is 37.0 Å². The van der Waals surface area contributed by atoms with E-state index < -0.39 is 12.1 Å². The second-order valence-corrected chi connectivity index (χ2v) is 6.39. The maximum Gasteiger partial charge on any atom is 0.235 e. The predicted octanol–water partition coefficient (Wildman–Crippen LogP) is 4.73. The number of para-hydroxylation sites is 1. The van der Waals surface area contributed by atoms with E-state index >= 15 is 0 Å². The fraction of sp³-hybridized carbons (Fsp3) is 0.500. The third-order valence-electron chi connectivity index (χ3n) is 4.56. The molecule has 2 atom stereocenters. The minimum Gasteiger partial charge on any atom is -0.496 e. The van der Waals surface area contributed by atoms with Crippen LogP contribution in [0.25, 0.3) is 0 Å². The van der Waals surface area contributed by atoms with E-state index in [1.54, 1.807) is 25.5 Å². The molecule has 0 saturated carbocycles. The van der Waals surface area contributed by atoms with E-state index in [0.29, 0.717) is 18.7 Å². The van der Waals surface area contributed by atoms with E-state index in [1.807, 2.05) is 24.3 Å². The largest absolute Gasteiger partial charge is 0.496 e. The van der Waals surface area contributed by atoms with Gasteiger partial charge < -0.3 is 9.15 Å². The van der Waals surface area contributed by atoms with Gasteiger partial charge in [0.2, 0.25) is 6.04 Å². The van der Waals surface area contributed by atoms with E-state index in [9.17, 15) is 10.1 Å². The topological polar surface area (TPSA) is 77.5 Å². The van der Waals surface area contributed by atoms with E-state index in [4.69, 9.17) is 9.15 Å². The van der Waals surface area contributed by atoms with Gasteiger partial charge in [0.25, 0.3) is 0 Å². The molecule has 0 fully saturated rings. The highest BCUT2D eigenvalue weighted by atomic mass is 16.6. The second kappa shape index (κ2) is 10.6. The van der Waals surface area contributed by atoms with E-state index in [1.165, 1.54) is 0 Å². The quantitative estimate of drug-likeness (QED) is 0.336. The van der Waals surface area contributed by atoms with Crippen molar-refractivity contribution in [1.29, 1.82) is 0 Å². The summed E-state index contributed by atoms with van der Waals surface area (Å²) in [6.07, 6.45) is 6.14. The lowest BCUT2D eigenvalue weighted by Crippen LogP contribution is -2.36. The van der Waals surface area contributed by atoms with Crippen LogP contribution in [-0.2, 0) is 6.54 Å². The summed E-state index contributed by atoms with van der Waals surface area (Å²) in [6.45, 7) is 2.60. The molecule has 0 spiro atoms. The van der Waals surface area contributed by atoms with Crippen molar-refractivity contribution < 1.29 is 14.1 Å². The molecule has 26 heavy (non-hydrogen) atoms. The third kappa shape index (κ3) is 5.59. The molecule has 1 aromatic heterocycles. The van der Waals surface area contributed by atoms with Gasteiger partial charge in [-0.2, -0.15) is 0 Å². The first kappa shape index (κ1) is 20.0. The summed E-state index contributed by atoms with van der Waals surface area (Å²) in [6, 6.07) is 10.0. The van der Waals surface area contributed by atoms with Gasteiger partial charge in [-0.05, 0) is 24.6 Å². The van der Waals surface area contributed by atoms with Crippen LogP contribution < -0.4 is 10.1 Å². The summed E-state index contributed by atoms with van der Waals surface area (Å²) in [5.74, 6) is 1.36. The minimum atomic E-state index is -0.729. The Balaban J connectivity index is 2.12. The van der Waals surface area contributed by atoms with Crippen LogP contribution in [0, 0.1) is 10.1 Å². The molecule has 142 valence electrons. The van der Waals surface area contributed by atoms with Crippen LogP contribution in [0.3, 0.4) is 0 Å². The second-order valence-electron chi connectivity index (χ2n) is 6.39. The van der Waals surface area contributed by atoms with Gasteiger partial charge in [0.15, 0.2) is 0 Å². The lowest BCUT2D eigenvalue weighted by atomic mass is 9.98. The molecule has 0 aliphatic heterocycles. The first-order valence-electron chi connectivity index (χ1n) is 9.19. The number of furan rings is 1. The molecule has 0 saturated heterocycles. The Morgan fingerprint density at radius 1 is 1.19 bits per heavy atom. The standard InChI is InChI=1S/C20H28N2O4/c1-3-4-5-6-11-17(22(23)24)20(19-13-9-14-26-19)21-15-16-10-7-8-12-18(16)25-2/h7-10,12-14,17,20-21H,3-6,11,15H2,1-2H3/t17-,20-/m1/s1. The van der Waals surface area contributed by atoms with Gasteiger partial charge in [-0.15, -0.1) is 0 Å². The Morgan fingerprint density at radius 3 is 2.65 bits per heavy atom. The Hall–Kier alpha value is -2.34. The van der Waals surface area contributed by atoms with Gasteiger partial charge in [-0.25, -0.2) is 0 Å². The molecular formula is C20H28N2O4. The molecule has 1 heterocycles. The number of hydrogen-bond donors (Lipinski definition) is 1.